The molecule has 18 heavy (non-hydrogen) atoms. The Morgan fingerprint density at radius 2 is 2.17 bits per heavy atom. The molecule has 0 aliphatic carbocycles. The third-order valence-corrected chi connectivity index (χ3v) is 2.71. The van der Waals surface area contributed by atoms with Crippen molar-refractivity contribution >= 4 is 6.09 Å². The number of carbonyl (C=O) groups excluding carboxylic acids is 1. The van der Waals surface area contributed by atoms with Crippen LogP contribution in [-0.2, 0) is 17.7 Å². The molecule has 1 amide bonds. The van der Waals surface area contributed by atoms with Gasteiger partial charge in [-0.3, -0.25) is 0 Å². The van der Waals surface area contributed by atoms with Gasteiger partial charge in [0.25, 0.3) is 0 Å². The fraction of sp³-hybridized carbons (Fsp3) is 0.538. The molecule has 0 fully saturated rings. The molecule has 2 heterocycles. The van der Waals surface area contributed by atoms with Gasteiger partial charge in [-0.15, -0.1) is 0 Å². The fourth-order valence-corrected chi connectivity index (χ4v) is 1.89. The third-order valence-electron chi connectivity index (χ3n) is 2.71. The first-order valence-corrected chi connectivity index (χ1v) is 5.96. The highest BCUT2D eigenvalue weighted by Crippen LogP contribution is 2.20. The van der Waals surface area contributed by atoms with Gasteiger partial charge >= 0.3 is 6.09 Å². The van der Waals surface area contributed by atoms with E-state index in [-0.39, 0.29) is 6.09 Å². The van der Waals surface area contributed by atoms with Crippen LogP contribution in [0.2, 0.25) is 0 Å². The molecule has 98 valence electrons. The minimum atomic E-state index is -0.502. The van der Waals surface area contributed by atoms with Crippen molar-refractivity contribution in [3.63, 3.8) is 0 Å². The van der Waals surface area contributed by atoms with Gasteiger partial charge < -0.3 is 9.64 Å². The number of pyridine rings is 1. The Balaban J connectivity index is 2.08. The highest BCUT2D eigenvalue weighted by atomic mass is 19.1. The Morgan fingerprint density at radius 1 is 1.44 bits per heavy atom. The van der Waals surface area contributed by atoms with Crippen LogP contribution in [-0.4, -0.2) is 28.1 Å². The monoisotopic (exact) mass is 252 g/mol. The van der Waals surface area contributed by atoms with Crippen LogP contribution in [0.3, 0.4) is 0 Å². The van der Waals surface area contributed by atoms with E-state index in [4.69, 9.17) is 4.74 Å². The minimum Gasteiger partial charge on any atom is -0.444 e. The third kappa shape index (κ3) is 2.97. The van der Waals surface area contributed by atoms with Gasteiger partial charge in [-0.1, -0.05) is 0 Å². The van der Waals surface area contributed by atoms with Gasteiger partial charge in [-0.25, -0.2) is 9.78 Å². The molecule has 0 saturated heterocycles. The Labute approximate surface area is 106 Å². The first-order chi connectivity index (χ1) is 8.35. The molecule has 0 atom stereocenters. The summed E-state index contributed by atoms with van der Waals surface area (Å²) in [5.74, 6) is -0.473. The summed E-state index contributed by atoms with van der Waals surface area (Å²) in [5.41, 5.74) is 1.30. The first-order valence-electron chi connectivity index (χ1n) is 5.96. The van der Waals surface area contributed by atoms with E-state index in [2.05, 4.69) is 4.98 Å². The predicted molar refractivity (Wildman–Crippen MR) is 64.5 cm³/mol. The van der Waals surface area contributed by atoms with Crippen molar-refractivity contribution in [2.75, 3.05) is 6.54 Å². The van der Waals surface area contributed by atoms with Crippen molar-refractivity contribution in [1.29, 1.82) is 0 Å². The Morgan fingerprint density at radius 3 is 2.83 bits per heavy atom. The maximum absolute atomic E-state index is 13.0. The Hall–Kier alpha value is -1.65. The molecule has 0 N–H and O–H groups in total. The number of halogens is 1. The van der Waals surface area contributed by atoms with Crippen LogP contribution in [0.1, 0.15) is 31.9 Å². The molecule has 5 heteroatoms. The van der Waals surface area contributed by atoms with E-state index in [0.717, 1.165) is 11.1 Å². The summed E-state index contributed by atoms with van der Waals surface area (Å²) in [6.45, 7) is 6.47. The number of carbonyl (C=O) groups is 1. The van der Waals surface area contributed by atoms with Crippen LogP contribution in [0.15, 0.2) is 12.3 Å². The molecule has 1 aromatic heterocycles. The largest absolute Gasteiger partial charge is 0.444 e. The summed E-state index contributed by atoms with van der Waals surface area (Å²) >= 11 is 0. The van der Waals surface area contributed by atoms with Crippen molar-refractivity contribution in [3.8, 4) is 0 Å². The molecule has 0 aromatic carbocycles. The summed E-state index contributed by atoms with van der Waals surface area (Å²) < 4.78 is 18.3. The summed E-state index contributed by atoms with van der Waals surface area (Å²) in [6.07, 6.45) is 1.78. The van der Waals surface area contributed by atoms with E-state index in [1.54, 1.807) is 4.90 Å². The van der Waals surface area contributed by atoms with Crippen LogP contribution in [0.4, 0.5) is 9.18 Å². The van der Waals surface area contributed by atoms with E-state index in [9.17, 15) is 9.18 Å². The summed E-state index contributed by atoms with van der Waals surface area (Å²) in [7, 11) is 0. The van der Waals surface area contributed by atoms with Crippen LogP contribution in [0.5, 0.6) is 0 Å². The molecule has 1 aliphatic rings. The molecule has 0 bridgehead atoms. The second-order valence-electron chi connectivity index (χ2n) is 5.43. The standard InChI is InChI=1S/C13H17FN2O2/c1-13(2,3)18-12(17)16-5-4-9-6-11(14)15-7-10(9)8-16/h6-7H,4-5,8H2,1-3H3. The fourth-order valence-electron chi connectivity index (χ4n) is 1.89. The molecule has 0 spiro atoms. The van der Waals surface area contributed by atoms with Crippen molar-refractivity contribution < 1.29 is 13.9 Å². The quantitative estimate of drug-likeness (QED) is 0.666. The molecular formula is C13H17FN2O2. The van der Waals surface area contributed by atoms with Crippen molar-refractivity contribution in [1.82, 2.24) is 9.88 Å². The first kappa shape index (κ1) is 12.8. The number of nitrogens with zero attached hydrogens (tertiary/aromatic N) is 2. The lowest BCUT2D eigenvalue weighted by Crippen LogP contribution is -2.40. The van der Waals surface area contributed by atoms with E-state index >= 15 is 0 Å². The van der Waals surface area contributed by atoms with Gasteiger partial charge in [-0.05, 0) is 44.4 Å². The number of ether oxygens (including phenoxy) is 1. The van der Waals surface area contributed by atoms with Crippen LogP contribution < -0.4 is 0 Å². The second-order valence-corrected chi connectivity index (χ2v) is 5.43. The normalized spacial score (nSPS) is 15.2. The number of aromatic nitrogens is 1. The van der Waals surface area contributed by atoms with Gasteiger partial charge in [0.1, 0.15) is 5.60 Å². The van der Waals surface area contributed by atoms with Gasteiger partial charge in [0.15, 0.2) is 0 Å². The second kappa shape index (κ2) is 4.55. The van der Waals surface area contributed by atoms with Crippen LogP contribution in [0, 0.1) is 5.95 Å². The lowest BCUT2D eigenvalue weighted by Gasteiger charge is -2.30. The highest BCUT2D eigenvalue weighted by Gasteiger charge is 2.25. The topological polar surface area (TPSA) is 42.4 Å². The van der Waals surface area contributed by atoms with Crippen molar-refractivity contribution in [2.24, 2.45) is 0 Å². The van der Waals surface area contributed by atoms with E-state index in [1.807, 2.05) is 20.8 Å². The number of hydrogen-bond donors (Lipinski definition) is 0. The predicted octanol–water partition coefficient (Wildman–Crippen LogP) is 2.51. The minimum absolute atomic E-state index is 0.336. The Kier molecular flexibility index (Phi) is 3.24. The van der Waals surface area contributed by atoms with E-state index < -0.39 is 11.5 Å². The van der Waals surface area contributed by atoms with Gasteiger partial charge in [0.05, 0.1) is 6.54 Å². The lowest BCUT2D eigenvalue weighted by molar-refractivity contribution is 0.0223. The van der Waals surface area contributed by atoms with E-state index in [0.29, 0.717) is 19.5 Å². The number of rotatable bonds is 0. The smallest absolute Gasteiger partial charge is 0.410 e. The zero-order chi connectivity index (χ0) is 13.3. The number of amides is 1. The highest BCUT2D eigenvalue weighted by molar-refractivity contribution is 5.68. The average Bonchev–Trinajstić information content (AvgIpc) is 2.26. The molecule has 2 rings (SSSR count). The number of hydrogen-bond acceptors (Lipinski definition) is 3. The van der Waals surface area contributed by atoms with Gasteiger partial charge in [-0.2, -0.15) is 4.39 Å². The Bertz CT molecular complexity index is 469. The SMILES string of the molecule is CC(C)(C)OC(=O)N1CCc2cc(F)ncc2C1. The van der Waals surface area contributed by atoms with Gasteiger partial charge in [0, 0.05) is 12.7 Å². The molecule has 4 nitrogen and oxygen atoms in total. The van der Waals surface area contributed by atoms with Crippen molar-refractivity contribution in [3.05, 3.63) is 29.3 Å². The van der Waals surface area contributed by atoms with E-state index in [1.165, 1.54) is 12.3 Å². The summed E-state index contributed by atoms with van der Waals surface area (Å²) in [6, 6.07) is 1.43. The molecule has 0 radical (unpaired) electrons. The maximum atomic E-state index is 13.0. The van der Waals surface area contributed by atoms with Gasteiger partial charge in [0.2, 0.25) is 5.95 Å². The maximum Gasteiger partial charge on any atom is 0.410 e. The van der Waals surface area contributed by atoms with Crippen molar-refractivity contribution in [2.45, 2.75) is 39.3 Å². The molecule has 0 unspecified atom stereocenters. The zero-order valence-electron chi connectivity index (χ0n) is 10.9. The molecule has 0 saturated carbocycles. The molecular weight excluding hydrogens is 235 g/mol. The lowest BCUT2D eigenvalue weighted by atomic mass is 10.0. The average molecular weight is 252 g/mol. The van der Waals surface area contributed by atoms with Crippen LogP contribution in [0.25, 0.3) is 0 Å². The molecule has 1 aromatic rings. The number of fused-ring (bicyclic) bond motifs is 1. The zero-order valence-corrected chi connectivity index (χ0v) is 10.9. The van der Waals surface area contributed by atoms with Crippen LogP contribution >= 0.6 is 0 Å². The summed E-state index contributed by atoms with van der Waals surface area (Å²) in [5, 5.41) is 0. The molecule has 1 aliphatic heterocycles. The summed E-state index contributed by atoms with van der Waals surface area (Å²) in [4.78, 5) is 17.1.